The molecule has 1 aliphatic carbocycles. The summed E-state index contributed by atoms with van der Waals surface area (Å²) in [4.78, 5) is 13.0. The quantitative estimate of drug-likeness (QED) is 0.641. The second kappa shape index (κ2) is 8.73. The molecule has 0 bridgehead atoms. The van der Waals surface area contributed by atoms with E-state index in [2.05, 4.69) is 5.32 Å². The van der Waals surface area contributed by atoms with Crippen LogP contribution in [0.2, 0.25) is 0 Å². The van der Waals surface area contributed by atoms with Crippen molar-refractivity contribution in [3.05, 3.63) is 42.0 Å². The van der Waals surface area contributed by atoms with Gasteiger partial charge in [-0.3, -0.25) is 4.79 Å². The molecule has 9 heteroatoms. The summed E-state index contributed by atoms with van der Waals surface area (Å²) in [6, 6.07) is 10.1. The lowest BCUT2D eigenvalue weighted by Crippen LogP contribution is -2.41. The average Bonchev–Trinajstić information content (AvgIpc) is 2.83. The standard InChI is InChI=1S/C23H26N2O6S/c26-23(24-17-6-2-1-3-7-17)16-14-20-22(31-19-9-5-4-8-18(19)30-20)21(15-16)32(27,28)25-10-12-29-13-11-25/h4-5,8-9,14-15,17H,1-3,6-7,10-13H2,(H,24,26). The van der Waals surface area contributed by atoms with Crippen molar-refractivity contribution in [2.75, 3.05) is 26.3 Å². The molecule has 1 N–H and O–H groups in total. The Morgan fingerprint density at radius 1 is 0.938 bits per heavy atom. The van der Waals surface area contributed by atoms with Gasteiger partial charge < -0.3 is 19.5 Å². The maximum atomic E-state index is 13.5. The summed E-state index contributed by atoms with van der Waals surface area (Å²) < 4.78 is 45.7. The van der Waals surface area contributed by atoms with Gasteiger partial charge in [0.15, 0.2) is 23.0 Å². The Balaban J connectivity index is 1.54. The zero-order valence-electron chi connectivity index (χ0n) is 17.7. The van der Waals surface area contributed by atoms with E-state index in [4.69, 9.17) is 14.2 Å². The molecule has 8 nitrogen and oxygen atoms in total. The van der Waals surface area contributed by atoms with Crippen LogP contribution in [0.5, 0.6) is 23.0 Å². The molecule has 1 amide bonds. The number of nitrogens with zero attached hydrogens (tertiary/aromatic N) is 1. The number of carbonyl (C=O) groups is 1. The summed E-state index contributed by atoms with van der Waals surface area (Å²) in [6.07, 6.45) is 5.21. The van der Waals surface area contributed by atoms with E-state index in [0.717, 1.165) is 25.7 Å². The number of hydrogen-bond donors (Lipinski definition) is 1. The van der Waals surface area contributed by atoms with Crippen LogP contribution in [0.1, 0.15) is 42.5 Å². The van der Waals surface area contributed by atoms with Gasteiger partial charge in [0.25, 0.3) is 5.91 Å². The molecule has 1 saturated heterocycles. The van der Waals surface area contributed by atoms with Gasteiger partial charge in [-0.2, -0.15) is 4.31 Å². The SMILES string of the molecule is O=C(NC1CCCCC1)c1cc2c(c(S(=O)(=O)N3CCOCC3)c1)Oc1ccccc1O2. The fourth-order valence-electron chi connectivity index (χ4n) is 4.36. The fraction of sp³-hybridized carbons (Fsp3) is 0.435. The summed E-state index contributed by atoms with van der Waals surface area (Å²) in [5, 5.41) is 3.06. The van der Waals surface area contributed by atoms with E-state index in [1.165, 1.54) is 16.8 Å². The third-order valence-corrected chi connectivity index (χ3v) is 8.00. The zero-order chi connectivity index (χ0) is 22.1. The van der Waals surface area contributed by atoms with Crippen LogP contribution >= 0.6 is 0 Å². The van der Waals surface area contributed by atoms with Crippen LogP contribution in [0.15, 0.2) is 41.3 Å². The minimum Gasteiger partial charge on any atom is -0.449 e. The van der Waals surface area contributed by atoms with Crippen LogP contribution in [-0.2, 0) is 14.8 Å². The molecule has 0 spiro atoms. The fourth-order valence-corrected chi connectivity index (χ4v) is 5.93. The number of amides is 1. The molecule has 5 rings (SSSR count). The zero-order valence-corrected chi connectivity index (χ0v) is 18.5. The van der Waals surface area contributed by atoms with Crippen molar-refractivity contribution >= 4 is 15.9 Å². The molecule has 170 valence electrons. The first-order valence-electron chi connectivity index (χ1n) is 11.0. The lowest BCUT2D eigenvalue weighted by molar-refractivity contribution is 0.0729. The van der Waals surface area contributed by atoms with Gasteiger partial charge >= 0.3 is 0 Å². The minimum absolute atomic E-state index is 0.0693. The van der Waals surface area contributed by atoms with E-state index in [0.29, 0.717) is 24.7 Å². The van der Waals surface area contributed by atoms with Crippen LogP contribution in [0, 0.1) is 0 Å². The normalized spacial score (nSPS) is 19.2. The van der Waals surface area contributed by atoms with Crippen molar-refractivity contribution in [1.29, 1.82) is 0 Å². The van der Waals surface area contributed by atoms with Crippen LogP contribution in [0.3, 0.4) is 0 Å². The molecule has 1 saturated carbocycles. The molecular weight excluding hydrogens is 432 g/mol. The molecule has 3 aliphatic rings. The molecule has 2 fully saturated rings. The number of benzene rings is 2. The number of rotatable bonds is 4. The third kappa shape index (κ3) is 4.07. The number of sulfonamides is 1. The topological polar surface area (TPSA) is 94.2 Å². The van der Waals surface area contributed by atoms with Crippen molar-refractivity contribution in [2.45, 2.75) is 43.0 Å². The van der Waals surface area contributed by atoms with Crippen molar-refractivity contribution in [1.82, 2.24) is 9.62 Å². The number of ether oxygens (including phenoxy) is 3. The van der Waals surface area contributed by atoms with Crippen molar-refractivity contribution in [2.24, 2.45) is 0 Å². The van der Waals surface area contributed by atoms with Gasteiger partial charge in [-0.15, -0.1) is 0 Å². The number of morpholine rings is 1. The van der Waals surface area contributed by atoms with Gasteiger partial charge in [-0.25, -0.2) is 8.42 Å². The molecule has 2 aromatic carbocycles. The highest BCUT2D eigenvalue weighted by Crippen LogP contribution is 2.49. The molecule has 2 aromatic rings. The van der Waals surface area contributed by atoms with E-state index >= 15 is 0 Å². The lowest BCUT2D eigenvalue weighted by Gasteiger charge is -2.29. The number of fused-ring (bicyclic) bond motifs is 2. The van der Waals surface area contributed by atoms with Gasteiger partial charge in [0.1, 0.15) is 4.90 Å². The Kier molecular flexibility index (Phi) is 5.79. The predicted octanol–water partition coefficient (Wildman–Crippen LogP) is 3.67. The molecule has 2 aliphatic heterocycles. The van der Waals surface area contributed by atoms with Gasteiger partial charge in [0.05, 0.1) is 13.2 Å². The molecule has 32 heavy (non-hydrogen) atoms. The highest BCUT2D eigenvalue weighted by molar-refractivity contribution is 7.89. The Bertz CT molecular complexity index is 1120. The van der Waals surface area contributed by atoms with E-state index in [9.17, 15) is 13.2 Å². The van der Waals surface area contributed by atoms with E-state index in [1.54, 1.807) is 30.3 Å². The second-order valence-electron chi connectivity index (χ2n) is 8.28. The van der Waals surface area contributed by atoms with Crippen LogP contribution in [0.25, 0.3) is 0 Å². The Labute approximate surface area is 187 Å². The largest absolute Gasteiger partial charge is 0.449 e. The van der Waals surface area contributed by atoms with E-state index in [-0.39, 0.29) is 47.0 Å². The van der Waals surface area contributed by atoms with Gasteiger partial charge in [-0.1, -0.05) is 31.4 Å². The number of nitrogens with one attached hydrogen (secondary N) is 1. The first-order valence-corrected chi connectivity index (χ1v) is 12.5. The van der Waals surface area contributed by atoms with E-state index in [1.807, 2.05) is 0 Å². The van der Waals surface area contributed by atoms with Crippen molar-refractivity contribution < 1.29 is 27.4 Å². The first-order chi connectivity index (χ1) is 15.5. The molecule has 2 heterocycles. The number of hydrogen-bond acceptors (Lipinski definition) is 6. The van der Waals surface area contributed by atoms with Gasteiger partial charge in [-0.05, 0) is 37.1 Å². The Morgan fingerprint density at radius 3 is 2.34 bits per heavy atom. The maximum Gasteiger partial charge on any atom is 0.251 e. The van der Waals surface area contributed by atoms with Gasteiger partial charge in [0, 0.05) is 24.7 Å². The summed E-state index contributed by atoms with van der Waals surface area (Å²) in [5.74, 6) is 0.911. The van der Waals surface area contributed by atoms with Crippen LogP contribution in [0.4, 0.5) is 0 Å². The Morgan fingerprint density at radius 2 is 1.62 bits per heavy atom. The van der Waals surface area contributed by atoms with Crippen molar-refractivity contribution in [3.8, 4) is 23.0 Å². The van der Waals surface area contributed by atoms with Crippen molar-refractivity contribution in [3.63, 3.8) is 0 Å². The first kappa shape index (κ1) is 21.2. The number of carbonyl (C=O) groups excluding carboxylic acids is 1. The summed E-state index contributed by atoms with van der Waals surface area (Å²) in [6.45, 7) is 1.13. The monoisotopic (exact) mass is 458 g/mol. The highest BCUT2D eigenvalue weighted by Gasteiger charge is 2.35. The van der Waals surface area contributed by atoms with Crippen LogP contribution in [-0.4, -0.2) is 51.0 Å². The van der Waals surface area contributed by atoms with Crippen LogP contribution < -0.4 is 14.8 Å². The molecule has 0 atom stereocenters. The molecular formula is C23H26N2O6S. The second-order valence-corrected chi connectivity index (χ2v) is 10.2. The Hall–Kier alpha value is -2.62. The highest BCUT2D eigenvalue weighted by atomic mass is 32.2. The molecule has 0 unspecified atom stereocenters. The average molecular weight is 459 g/mol. The lowest BCUT2D eigenvalue weighted by atomic mass is 9.95. The summed E-state index contributed by atoms with van der Waals surface area (Å²) >= 11 is 0. The summed E-state index contributed by atoms with van der Waals surface area (Å²) in [7, 11) is -3.93. The van der Waals surface area contributed by atoms with Gasteiger partial charge in [0.2, 0.25) is 10.0 Å². The van der Waals surface area contributed by atoms with E-state index < -0.39 is 10.0 Å². The predicted molar refractivity (Wildman–Crippen MR) is 117 cm³/mol. The minimum atomic E-state index is -3.93. The smallest absolute Gasteiger partial charge is 0.251 e. The molecule has 0 aromatic heterocycles. The molecule has 0 radical (unpaired) electrons. The number of para-hydroxylation sites is 2. The third-order valence-electron chi connectivity index (χ3n) is 6.09. The summed E-state index contributed by atoms with van der Waals surface area (Å²) in [5.41, 5.74) is 0.240. The maximum absolute atomic E-state index is 13.5.